The van der Waals surface area contributed by atoms with Gasteiger partial charge in [-0.2, -0.15) is 0 Å². The van der Waals surface area contributed by atoms with Crippen LogP contribution >= 0.6 is 23.2 Å². The van der Waals surface area contributed by atoms with Crippen LogP contribution in [-0.2, 0) is 21.9 Å². The van der Waals surface area contributed by atoms with Gasteiger partial charge < -0.3 is 14.0 Å². The van der Waals surface area contributed by atoms with Gasteiger partial charge in [0, 0.05) is 0 Å². The number of fused-ring (bicyclic) bond motifs is 1. The number of nitrogens with zero attached hydrogens (tertiary/aromatic N) is 2. The second kappa shape index (κ2) is 5.67. The lowest BCUT2D eigenvalue weighted by Gasteiger charge is -2.24. The number of ether oxygens (including phenoxy) is 2. The molecule has 4 nitrogen and oxygen atoms in total. The van der Waals surface area contributed by atoms with Crippen molar-refractivity contribution < 1.29 is 9.47 Å². The van der Waals surface area contributed by atoms with Crippen molar-refractivity contribution in [1.82, 2.24) is 9.55 Å². The number of hydrogen-bond donors (Lipinski definition) is 0. The number of benzene rings is 1. The molecule has 0 spiro atoms. The Morgan fingerprint density at radius 3 is 3.00 bits per heavy atom. The summed E-state index contributed by atoms with van der Waals surface area (Å²) in [5.41, 5.74) is 1.77. The highest BCUT2D eigenvalue weighted by atomic mass is 35.5. The third kappa shape index (κ3) is 2.58. The van der Waals surface area contributed by atoms with E-state index in [1.54, 1.807) is 0 Å². The number of alkyl halides is 1. The predicted octanol–water partition coefficient (Wildman–Crippen LogP) is 2.84. The summed E-state index contributed by atoms with van der Waals surface area (Å²) in [6.07, 6.45) is 0.0344. The van der Waals surface area contributed by atoms with Gasteiger partial charge in [0.1, 0.15) is 11.3 Å². The van der Waals surface area contributed by atoms with E-state index in [9.17, 15) is 0 Å². The first-order chi connectivity index (χ1) is 9.29. The van der Waals surface area contributed by atoms with Crippen molar-refractivity contribution in [3.8, 4) is 0 Å². The molecule has 1 aliphatic heterocycles. The Labute approximate surface area is 121 Å². The molecule has 1 aromatic heterocycles. The van der Waals surface area contributed by atoms with Crippen molar-refractivity contribution in [3.63, 3.8) is 0 Å². The van der Waals surface area contributed by atoms with Gasteiger partial charge in [-0.05, 0) is 12.1 Å². The van der Waals surface area contributed by atoms with Crippen LogP contribution in [0.25, 0.3) is 11.0 Å². The molecule has 1 fully saturated rings. The van der Waals surface area contributed by atoms with Crippen LogP contribution in [0.4, 0.5) is 0 Å². The molecule has 19 heavy (non-hydrogen) atoms. The van der Waals surface area contributed by atoms with Gasteiger partial charge in [0.25, 0.3) is 0 Å². The minimum atomic E-state index is 0.0344. The summed E-state index contributed by atoms with van der Waals surface area (Å²) >= 11 is 12.1. The fourth-order valence-electron chi connectivity index (χ4n) is 2.31. The standard InChI is InChI=1S/C13H14Cl2N2O2/c14-6-12-16-13-10(15)2-1-3-11(13)17(12)7-9-8-18-4-5-19-9/h1-3,9H,4-8H2. The number of para-hydroxylation sites is 1. The van der Waals surface area contributed by atoms with Crippen LogP contribution < -0.4 is 0 Å². The number of rotatable bonds is 3. The van der Waals surface area contributed by atoms with Gasteiger partial charge in [0.15, 0.2) is 0 Å². The maximum absolute atomic E-state index is 6.17. The molecule has 2 heterocycles. The molecule has 1 saturated heterocycles. The minimum Gasteiger partial charge on any atom is -0.376 e. The van der Waals surface area contributed by atoms with Crippen molar-refractivity contribution in [2.45, 2.75) is 18.5 Å². The summed E-state index contributed by atoms with van der Waals surface area (Å²) in [4.78, 5) is 4.50. The third-order valence-electron chi connectivity index (χ3n) is 3.20. The highest BCUT2D eigenvalue weighted by molar-refractivity contribution is 6.35. The zero-order valence-corrected chi connectivity index (χ0v) is 11.8. The number of imidazole rings is 1. The van der Waals surface area contributed by atoms with Gasteiger partial charge in [-0.3, -0.25) is 0 Å². The van der Waals surface area contributed by atoms with Crippen LogP contribution in [0, 0.1) is 0 Å². The van der Waals surface area contributed by atoms with E-state index >= 15 is 0 Å². The molecule has 1 aromatic carbocycles. The minimum absolute atomic E-state index is 0.0344. The Hall–Kier alpha value is -0.810. The summed E-state index contributed by atoms with van der Waals surface area (Å²) < 4.78 is 13.2. The summed E-state index contributed by atoms with van der Waals surface area (Å²) in [6.45, 7) is 2.57. The molecule has 6 heteroatoms. The van der Waals surface area contributed by atoms with Crippen LogP contribution in [0.15, 0.2) is 18.2 Å². The number of hydrogen-bond acceptors (Lipinski definition) is 3. The molecule has 1 unspecified atom stereocenters. The van der Waals surface area contributed by atoms with Gasteiger partial charge >= 0.3 is 0 Å². The molecule has 0 N–H and O–H groups in total. The van der Waals surface area contributed by atoms with E-state index < -0.39 is 0 Å². The van der Waals surface area contributed by atoms with Crippen LogP contribution in [0.1, 0.15) is 5.82 Å². The monoisotopic (exact) mass is 300 g/mol. The van der Waals surface area contributed by atoms with Crippen molar-refractivity contribution in [2.24, 2.45) is 0 Å². The summed E-state index contributed by atoms with van der Waals surface area (Å²) in [6, 6.07) is 5.74. The van der Waals surface area contributed by atoms with Gasteiger partial charge in [0.05, 0.1) is 48.9 Å². The molecular weight excluding hydrogens is 287 g/mol. The normalized spacial score (nSPS) is 20.0. The predicted molar refractivity (Wildman–Crippen MR) is 74.9 cm³/mol. The second-order valence-electron chi connectivity index (χ2n) is 4.45. The van der Waals surface area contributed by atoms with E-state index in [0.717, 1.165) is 16.9 Å². The molecule has 0 saturated carbocycles. The van der Waals surface area contributed by atoms with Crippen molar-refractivity contribution >= 4 is 34.2 Å². The largest absolute Gasteiger partial charge is 0.376 e. The average molecular weight is 301 g/mol. The number of halogens is 2. The molecule has 0 amide bonds. The highest BCUT2D eigenvalue weighted by Crippen LogP contribution is 2.25. The molecular formula is C13H14Cl2N2O2. The van der Waals surface area contributed by atoms with E-state index in [-0.39, 0.29) is 6.10 Å². The summed E-state index contributed by atoms with van der Waals surface area (Å²) in [5.74, 6) is 1.15. The Bertz CT molecular complexity index is 579. The molecule has 102 valence electrons. The Balaban J connectivity index is 1.98. The first-order valence-corrected chi connectivity index (χ1v) is 7.10. The van der Waals surface area contributed by atoms with Crippen molar-refractivity contribution in [1.29, 1.82) is 0 Å². The second-order valence-corrected chi connectivity index (χ2v) is 5.12. The van der Waals surface area contributed by atoms with E-state index in [2.05, 4.69) is 9.55 Å². The van der Waals surface area contributed by atoms with Crippen molar-refractivity contribution in [3.05, 3.63) is 29.0 Å². The zero-order chi connectivity index (χ0) is 13.2. The van der Waals surface area contributed by atoms with Crippen molar-refractivity contribution in [2.75, 3.05) is 19.8 Å². The molecule has 1 aliphatic rings. The van der Waals surface area contributed by atoms with E-state index in [0.29, 0.717) is 37.3 Å². The molecule has 0 bridgehead atoms. The Morgan fingerprint density at radius 1 is 1.37 bits per heavy atom. The topological polar surface area (TPSA) is 36.3 Å². The first-order valence-electron chi connectivity index (χ1n) is 6.18. The molecule has 0 aliphatic carbocycles. The first kappa shape index (κ1) is 13.2. The number of aromatic nitrogens is 2. The summed E-state index contributed by atoms with van der Waals surface area (Å²) in [7, 11) is 0. The Morgan fingerprint density at radius 2 is 2.26 bits per heavy atom. The fraction of sp³-hybridized carbons (Fsp3) is 0.462. The van der Waals surface area contributed by atoms with E-state index in [1.807, 2.05) is 18.2 Å². The highest BCUT2D eigenvalue weighted by Gasteiger charge is 2.19. The molecule has 0 radical (unpaired) electrons. The molecule has 1 atom stereocenters. The lowest BCUT2D eigenvalue weighted by Crippen LogP contribution is -2.32. The average Bonchev–Trinajstić information content (AvgIpc) is 2.80. The molecule has 3 rings (SSSR count). The zero-order valence-electron chi connectivity index (χ0n) is 10.3. The summed E-state index contributed by atoms with van der Waals surface area (Å²) in [5, 5.41) is 0.642. The quantitative estimate of drug-likeness (QED) is 0.818. The van der Waals surface area contributed by atoms with E-state index in [4.69, 9.17) is 32.7 Å². The van der Waals surface area contributed by atoms with Crippen LogP contribution in [-0.4, -0.2) is 35.5 Å². The van der Waals surface area contributed by atoms with Crippen LogP contribution in [0.2, 0.25) is 5.02 Å². The van der Waals surface area contributed by atoms with Crippen LogP contribution in [0.5, 0.6) is 0 Å². The fourth-order valence-corrected chi connectivity index (χ4v) is 2.73. The smallest absolute Gasteiger partial charge is 0.125 e. The van der Waals surface area contributed by atoms with Crippen LogP contribution in [0.3, 0.4) is 0 Å². The Kier molecular flexibility index (Phi) is 3.93. The lowest BCUT2D eigenvalue weighted by molar-refractivity contribution is -0.0934. The van der Waals surface area contributed by atoms with Gasteiger partial charge in [-0.25, -0.2) is 4.98 Å². The third-order valence-corrected chi connectivity index (χ3v) is 3.74. The molecule has 2 aromatic rings. The lowest BCUT2D eigenvalue weighted by atomic mass is 10.3. The van der Waals surface area contributed by atoms with Gasteiger partial charge in [-0.1, -0.05) is 17.7 Å². The maximum atomic E-state index is 6.17. The SMILES string of the molecule is ClCc1nc2c(Cl)cccc2n1CC1COCCO1. The van der Waals surface area contributed by atoms with Gasteiger partial charge in [0.2, 0.25) is 0 Å². The van der Waals surface area contributed by atoms with E-state index in [1.165, 1.54) is 0 Å². The van der Waals surface area contributed by atoms with Gasteiger partial charge in [-0.15, -0.1) is 11.6 Å². The maximum Gasteiger partial charge on any atom is 0.125 e.